The van der Waals surface area contributed by atoms with Crippen molar-refractivity contribution in [2.75, 3.05) is 18.4 Å². The molecule has 0 atom stereocenters. The number of amides is 2. The highest BCUT2D eigenvalue weighted by molar-refractivity contribution is 7.15. The number of nitrogens with zero attached hydrogens (tertiary/aromatic N) is 2. The molecule has 2 amide bonds. The Kier molecular flexibility index (Phi) is 5.83. The molecule has 8 nitrogen and oxygen atoms in total. The summed E-state index contributed by atoms with van der Waals surface area (Å²) in [4.78, 5) is 38.3. The van der Waals surface area contributed by atoms with Crippen molar-refractivity contribution in [2.45, 2.75) is 6.42 Å². The average Bonchev–Trinajstić information content (AvgIpc) is 3.46. The van der Waals surface area contributed by atoms with Crippen molar-refractivity contribution in [1.82, 2.24) is 4.90 Å². The summed E-state index contributed by atoms with van der Waals surface area (Å²) in [5.41, 5.74) is 1.75. The minimum Gasteiger partial charge on any atom is -0.465 e. The lowest BCUT2D eigenvalue weighted by atomic mass is 10.1. The fourth-order valence-corrected chi connectivity index (χ4v) is 4.97. The summed E-state index contributed by atoms with van der Waals surface area (Å²) >= 11 is 2.79. The first kappa shape index (κ1) is 20.8. The fraction of sp³-hybridized carbons (Fsp3) is 0.143. The lowest BCUT2D eigenvalue weighted by Crippen LogP contribution is -2.33. The van der Waals surface area contributed by atoms with Crippen LogP contribution in [0, 0.1) is 10.1 Å². The largest absolute Gasteiger partial charge is 0.465 e. The molecule has 0 unspecified atom stereocenters. The predicted octanol–water partition coefficient (Wildman–Crippen LogP) is 5.40. The van der Waals surface area contributed by atoms with Crippen molar-refractivity contribution in [1.29, 1.82) is 0 Å². The summed E-state index contributed by atoms with van der Waals surface area (Å²) in [5, 5.41) is 25.1. The maximum Gasteiger partial charge on any atom is 0.407 e. The van der Waals surface area contributed by atoms with Crippen molar-refractivity contribution in [3.8, 4) is 10.4 Å². The normalized spacial score (nSPS) is 13.5. The number of carbonyl (C=O) groups is 2. The monoisotopic (exact) mass is 455 g/mol. The quantitative estimate of drug-likeness (QED) is 0.395. The van der Waals surface area contributed by atoms with Gasteiger partial charge in [0.05, 0.1) is 9.80 Å². The zero-order chi connectivity index (χ0) is 22.0. The van der Waals surface area contributed by atoms with Gasteiger partial charge < -0.3 is 15.3 Å². The van der Waals surface area contributed by atoms with E-state index in [2.05, 4.69) is 5.32 Å². The molecule has 1 aliphatic heterocycles. The van der Waals surface area contributed by atoms with Gasteiger partial charge in [0, 0.05) is 28.9 Å². The molecular weight excluding hydrogens is 438 g/mol. The number of benzene rings is 1. The molecule has 0 saturated heterocycles. The summed E-state index contributed by atoms with van der Waals surface area (Å²) in [7, 11) is 0. The van der Waals surface area contributed by atoms with Gasteiger partial charge in [0.1, 0.15) is 5.69 Å². The van der Waals surface area contributed by atoms with Crippen LogP contribution in [0.25, 0.3) is 16.0 Å². The lowest BCUT2D eigenvalue weighted by molar-refractivity contribution is -0.383. The highest BCUT2D eigenvalue weighted by Gasteiger charge is 2.21. The standard InChI is InChI=1S/C21H17N3O5S2/c25-20(19-6-5-18(31-19)13-7-9-23(10-8-13)21(26)27)22-15-12-14(17-2-1-11-30-17)3-4-16(15)24(28)29/h1-7,11-12H,8-10H2,(H,22,25)(H,26,27). The maximum atomic E-state index is 12.8. The first-order chi connectivity index (χ1) is 14.9. The average molecular weight is 456 g/mol. The van der Waals surface area contributed by atoms with E-state index in [-0.39, 0.29) is 11.4 Å². The summed E-state index contributed by atoms with van der Waals surface area (Å²) in [6.45, 7) is 0.716. The van der Waals surface area contributed by atoms with Crippen molar-refractivity contribution < 1.29 is 19.6 Å². The van der Waals surface area contributed by atoms with Crippen molar-refractivity contribution in [3.63, 3.8) is 0 Å². The smallest absolute Gasteiger partial charge is 0.407 e. The van der Waals surface area contributed by atoms with Crippen LogP contribution in [0.4, 0.5) is 16.2 Å². The third-order valence-electron chi connectivity index (χ3n) is 4.87. The van der Waals surface area contributed by atoms with Gasteiger partial charge in [-0.25, -0.2) is 4.79 Å². The van der Waals surface area contributed by atoms with Gasteiger partial charge in [-0.2, -0.15) is 0 Å². The number of anilines is 1. The van der Waals surface area contributed by atoms with E-state index in [1.165, 1.54) is 33.6 Å². The first-order valence-corrected chi connectivity index (χ1v) is 11.0. The third kappa shape index (κ3) is 4.49. The number of carboxylic acid groups (broad SMARTS) is 1. The number of carbonyl (C=O) groups excluding carboxylic acids is 1. The molecule has 0 fully saturated rings. The molecule has 0 bridgehead atoms. The molecule has 2 aromatic heterocycles. The molecule has 31 heavy (non-hydrogen) atoms. The zero-order valence-electron chi connectivity index (χ0n) is 16.1. The number of nitro benzene ring substituents is 1. The summed E-state index contributed by atoms with van der Waals surface area (Å²) in [5.74, 6) is -0.425. The van der Waals surface area contributed by atoms with Gasteiger partial charge in [-0.15, -0.1) is 22.7 Å². The minimum atomic E-state index is -0.951. The van der Waals surface area contributed by atoms with E-state index in [1.54, 1.807) is 18.2 Å². The SMILES string of the molecule is O=C(Nc1cc(-c2cccs2)ccc1[N+](=O)[O-])c1ccc(C2=CCN(C(=O)O)CC2)s1. The molecule has 3 aromatic rings. The molecular formula is C21H17N3O5S2. The maximum absolute atomic E-state index is 12.8. The molecule has 3 heterocycles. The molecule has 1 aromatic carbocycles. The van der Waals surface area contributed by atoms with Crippen molar-refractivity contribution in [2.24, 2.45) is 0 Å². The Balaban J connectivity index is 1.54. The number of thiophene rings is 2. The number of nitrogens with one attached hydrogen (secondary N) is 1. The molecule has 0 saturated carbocycles. The Hall–Kier alpha value is -3.50. The van der Waals surface area contributed by atoms with Crippen molar-refractivity contribution in [3.05, 3.63) is 73.8 Å². The van der Waals surface area contributed by atoms with E-state index in [1.807, 2.05) is 29.7 Å². The van der Waals surface area contributed by atoms with E-state index in [0.29, 0.717) is 24.4 Å². The second-order valence-electron chi connectivity index (χ2n) is 6.79. The number of hydrogen-bond acceptors (Lipinski definition) is 6. The van der Waals surface area contributed by atoms with Gasteiger partial charge >= 0.3 is 6.09 Å². The van der Waals surface area contributed by atoms with Crippen LogP contribution in [-0.4, -0.2) is 40.0 Å². The minimum absolute atomic E-state index is 0.143. The van der Waals surface area contributed by atoms with Crippen LogP contribution in [0.15, 0.2) is 53.9 Å². The number of hydrogen-bond donors (Lipinski definition) is 2. The zero-order valence-corrected chi connectivity index (χ0v) is 17.7. The van der Waals surface area contributed by atoms with E-state index in [0.717, 1.165) is 20.9 Å². The highest BCUT2D eigenvalue weighted by Crippen LogP contribution is 2.34. The van der Waals surface area contributed by atoms with E-state index < -0.39 is 16.9 Å². The molecule has 10 heteroatoms. The molecule has 0 spiro atoms. The lowest BCUT2D eigenvalue weighted by Gasteiger charge is -2.23. The molecule has 0 aliphatic carbocycles. The van der Waals surface area contributed by atoms with Crippen LogP contribution in [0.5, 0.6) is 0 Å². The van der Waals surface area contributed by atoms with Gasteiger partial charge in [-0.1, -0.05) is 12.1 Å². The Bertz CT molecular complexity index is 1180. The number of nitro groups is 1. The van der Waals surface area contributed by atoms with E-state index in [9.17, 15) is 19.7 Å². The van der Waals surface area contributed by atoms with E-state index >= 15 is 0 Å². The van der Waals surface area contributed by atoms with Crippen LogP contribution < -0.4 is 5.32 Å². The fourth-order valence-electron chi connectivity index (χ4n) is 3.27. The first-order valence-electron chi connectivity index (χ1n) is 9.33. The second kappa shape index (κ2) is 8.70. The Morgan fingerprint density at radius 1 is 1.16 bits per heavy atom. The topological polar surface area (TPSA) is 113 Å². The van der Waals surface area contributed by atoms with Crippen molar-refractivity contribution >= 4 is 51.6 Å². The summed E-state index contributed by atoms with van der Waals surface area (Å²) in [6, 6.07) is 12.0. The predicted molar refractivity (Wildman–Crippen MR) is 121 cm³/mol. The van der Waals surface area contributed by atoms with Crippen LogP contribution in [0.1, 0.15) is 21.0 Å². The second-order valence-corrected chi connectivity index (χ2v) is 8.82. The van der Waals surface area contributed by atoms with Gasteiger partial charge in [0.15, 0.2) is 0 Å². The van der Waals surface area contributed by atoms with Crippen LogP contribution in [-0.2, 0) is 0 Å². The summed E-state index contributed by atoms with van der Waals surface area (Å²) < 4.78 is 0. The highest BCUT2D eigenvalue weighted by atomic mass is 32.1. The van der Waals surface area contributed by atoms with Gasteiger partial charge in [-0.3, -0.25) is 14.9 Å². The third-order valence-corrected chi connectivity index (χ3v) is 6.95. The molecule has 1 aliphatic rings. The van der Waals surface area contributed by atoms with Gasteiger partial charge in [0.25, 0.3) is 11.6 Å². The van der Waals surface area contributed by atoms with Gasteiger partial charge in [0.2, 0.25) is 0 Å². The van der Waals surface area contributed by atoms with Crippen LogP contribution in [0.2, 0.25) is 0 Å². The Labute approximate surface area is 185 Å². The Morgan fingerprint density at radius 2 is 2.00 bits per heavy atom. The molecule has 4 rings (SSSR count). The molecule has 0 radical (unpaired) electrons. The molecule has 158 valence electrons. The van der Waals surface area contributed by atoms with E-state index in [4.69, 9.17) is 5.11 Å². The molecule has 2 N–H and O–H groups in total. The van der Waals surface area contributed by atoms with Crippen LogP contribution in [0.3, 0.4) is 0 Å². The Morgan fingerprint density at radius 3 is 2.65 bits per heavy atom. The van der Waals surface area contributed by atoms with Crippen LogP contribution >= 0.6 is 22.7 Å². The summed E-state index contributed by atoms with van der Waals surface area (Å²) in [6.07, 6.45) is 1.47. The number of rotatable bonds is 5. The van der Waals surface area contributed by atoms with Gasteiger partial charge in [-0.05, 0) is 53.3 Å².